The Balaban J connectivity index is 0.000000227. The van der Waals surface area contributed by atoms with E-state index in [4.69, 9.17) is 5.73 Å². The Morgan fingerprint density at radius 3 is 1.60 bits per heavy atom. The van der Waals surface area contributed by atoms with E-state index in [1.807, 2.05) is 36.4 Å². The van der Waals surface area contributed by atoms with Gasteiger partial charge in [0.15, 0.2) is 0 Å². The summed E-state index contributed by atoms with van der Waals surface area (Å²) < 4.78 is 9.50. The molecular weight excluding hydrogens is 191 g/mol. The highest BCUT2D eigenvalue weighted by Crippen LogP contribution is 2.01. The van der Waals surface area contributed by atoms with Gasteiger partial charge in [0.2, 0.25) is 0 Å². The Bertz CT molecular complexity index is 181. The molecule has 2 rings (SSSR count). The molecule has 1 atom stereocenters. The fourth-order valence-electron chi connectivity index (χ4n) is 1.35. The van der Waals surface area contributed by atoms with Crippen LogP contribution in [0.4, 0.5) is 4.39 Å². The number of halogens is 1. The average Bonchev–Trinajstić information content (AvgIpc) is 2.69. The summed E-state index contributed by atoms with van der Waals surface area (Å²) in [5.41, 5.74) is 5.58. The van der Waals surface area contributed by atoms with E-state index >= 15 is 0 Å². The van der Waals surface area contributed by atoms with Gasteiger partial charge in [0.05, 0.1) is 7.18 Å². The normalized spacial score (nSPS) is 19.6. The van der Waals surface area contributed by atoms with E-state index < -0.39 is 0 Å². The van der Waals surface area contributed by atoms with Gasteiger partial charge in [-0.2, -0.15) is 0 Å². The highest BCUT2D eigenvalue weighted by atomic mass is 19.1. The average molecular weight is 212 g/mol. The smallest absolute Gasteiger partial charge is 0.0785 e. The second-order valence-electron chi connectivity index (χ2n) is 3.47. The van der Waals surface area contributed by atoms with E-state index in [0.29, 0.717) is 13.2 Å². The lowest BCUT2D eigenvalue weighted by molar-refractivity contribution is 0.411. The standard InChI is InChI=1S/C6H6.C5H12N2.CH3F/c1-2-4-6-5-3-1;1-7-3-2-5(6)4-7;1-2/h1-6H;5H,2-4,6H2,1H3;1H3. The van der Waals surface area contributed by atoms with Gasteiger partial charge in [-0.1, -0.05) is 36.4 Å². The minimum absolute atomic E-state index is 0.449. The summed E-state index contributed by atoms with van der Waals surface area (Å²) in [5.74, 6) is 0. The van der Waals surface area contributed by atoms with Crippen LogP contribution in [0, 0.1) is 0 Å². The van der Waals surface area contributed by atoms with Crippen molar-refractivity contribution in [3.8, 4) is 0 Å². The predicted octanol–water partition coefficient (Wildman–Crippen LogP) is 1.92. The highest BCUT2D eigenvalue weighted by molar-refractivity contribution is 4.99. The molecule has 3 heteroatoms. The summed E-state index contributed by atoms with van der Waals surface area (Å²) in [7, 11) is 2.60. The second kappa shape index (κ2) is 9.62. The molecule has 1 heterocycles. The van der Waals surface area contributed by atoms with Crippen LogP contribution in [0.5, 0.6) is 0 Å². The van der Waals surface area contributed by atoms with Gasteiger partial charge in [0, 0.05) is 12.6 Å². The molecule has 15 heavy (non-hydrogen) atoms. The fourth-order valence-corrected chi connectivity index (χ4v) is 1.35. The van der Waals surface area contributed by atoms with Crippen LogP contribution in [0.25, 0.3) is 0 Å². The highest BCUT2D eigenvalue weighted by Gasteiger charge is 2.13. The first kappa shape index (κ1) is 14.1. The summed E-state index contributed by atoms with van der Waals surface area (Å²) in [6.07, 6.45) is 1.18. The number of rotatable bonds is 0. The number of likely N-dealkylation sites (tertiary alicyclic amines) is 1. The van der Waals surface area contributed by atoms with Gasteiger partial charge >= 0.3 is 0 Å². The molecule has 2 nitrogen and oxygen atoms in total. The summed E-state index contributed by atoms with van der Waals surface area (Å²) >= 11 is 0. The summed E-state index contributed by atoms with van der Waals surface area (Å²) in [6, 6.07) is 12.4. The number of benzene rings is 1. The van der Waals surface area contributed by atoms with Crippen LogP contribution in [-0.4, -0.2) is 38.3 Å². The third kappa shape index (κ3) is 8.09. The molecule has 0 aromatic heterocycles. The SMILES string of the molecule is CF.CN1CCC(N)C1.c1ccccc1. The number of hydrogen-bond donors (Lipinski definition) is 1. The molecule has 2 N–H and O–H groups in total. The van der Waals surface area contributed by atoms with Crippen molar-refractivity contribution in [1.82, 2.24) is 4.90 Å². The lowest BCUT2D eigenvalue weighted by Gasteiger charge is -2.03. The zero-order chi connectivity index (χ0) is 11.5. The molecule has 0 aliphatic carbocycles. The van der Waals surface area contributed by atoms with E-state index in [9.17, 15) is 4.39 Å². The van der Waals surface area contributed by atoms with Crippen molar-refractivity contribution < 1.29 is 4.39 Å². The molecule has 0 bridgehead atoms. The molecule has 1 saturated heterocycles. The largest absolute Gasteiger partial charge is 0.326 e. The lowest BCUT2D eigenvalue weighted by Crippen LogP contribution is -2.23. The van der Waals surface area contributed by atoms with Gasteiger partial charge in [0.25, 0.3) is 0 Å². The van der Waals surface area contributed by atoms with Gasteiger partial charge in [-0.05, 0) is 20.0 Å². The van der Waals surface area contributed by atoms with Crippen LogP contribution in [0.1, 0.15) is 6.42 Å². The number of alkyl halides is 1. The van der Waals surface area contributed by atoms with Gasteiger partial charge < -0.3 is 10.6 Å². The van der Waals surface area contributed by atoms with Crippen molar-refractivity contribution in [2.75, 3.05) is 27.3 Å². The van der Waals surface area contributed by atoms with Crippen molar-refractivity contribution in [3.63, 3.8) is 0 Å². The van der Waals surface area contributed by atoms with E-state index in [1.165, 1.54) is 13.0 Å². The predicted molar refractivity (Wildman–Crippen MR) is 63.6 cm³/mol. The molecule has 0 amide bonds. The van der Waals surface area contributed by atoms with Gasteiger partial charge in [-0.25, -0.2) is 0 Å². The number of nitrogens with two attached hydrogens (primary N) is 1. The number of nitrogens with zero attached hydrogens (tertiary/aromatic N) is 1. The molecule has 1 aliphatic heterocycles. The van der Waals surface area contributed by atoms with E-state index in [-0.39, 0.29) is 0 Å². The number of likely N-dealkylation sites (N-methyl/N-ethyl adjacent to an activating group) is 1. The Morgan fingerprint density at radius 1 is 1.07 bits per heavy atom. The zero-order valence-electron chi connectivity index (χ0n) is 9.57. The topological polar surface area (TPSA) is 29.3 Å². The Kier molecular flexibility index (Phi) is 9.02. The maximum atomic E-state index is 9.50. The van der Waals surface area contributed by atoms with Crippen LogP contribution >= 0.6 is 0 Å². The first-order valence-corrected chi connectivity index (χ1v) is 5.11. The van der Waals surface area contributed by atoms with Crippen molar-refractivity contribution in [3.05, 3.63) is 36.4 Å². The number of hydrogen-bond acceptors (Lipinski definition) is 2. The van der Waals surface area contributed by atoms with Crippen LogP contribution in [0.15, 0.2) is 36.4 Å². The molecule has 86 valence electrons. The van der Waals surface area contributed by atoms with E-state index in [0.717, 1.165) is 6.54 Å². The van der Waals surface area contributed by atoms with Crippen LogP contribution < -0.4 is 5.73 Å². The maximum absolute atomic E-state index is 9.50. The second-order valence-corrected chi connectivity index (χ2v) is 3.47. The molecule has 0 radical (unpaired) electrons. The molecule has 1 aromatic carbocycles. The summed E-state index contributed by atoms with van der Waals surface area (Å²) in [5, 5.41) is 0. The third-order valence-electron chi connectivity index (χ3n) is 2.09. The fraction of sp³-hybridized carbons (Fsp3) is 0.500. The summed E-state index contributed by atoms with van der Waals surface area (Å²) in [6.45, 7) is 2.27. The van der Waals surface area contributed by atoms with Crippen molar-refractivity contribution >= 4 is 0 Å². The molecular formula is C12H21FN2. The summed E-state index contributed by atoms with van der Waals surface area (Å²) in [4.78, 5) is 2.25. The van der Waals surface area contributed by atoms with E-state index in [1.54, 1.807) is 0 Å². The first-order valence-electron chi connectivity index (χ1n) is 5.11. The van der Waals surface area contributed by atoms with Crippen LogP contribution in [0.2, 0.25) is 0 Å². The monoisotopic (exact) mass is 212 g/mol. The minimum atomic E-state index is 0.449. The Hall–Kier alpha value is -0.930. The zero-order valence-corrected chi connectivity index (χ0v) is 9.57. The maximum Gasteiger partial charge on any atom is 0.0785 e. The van der Waals surface area contributed by atoms with Gasteiger partial charge in [-0.15, -0.1) is 0 Å². The van der Waals surface area contributed by atoms with Crippen LogP contribution in [-0.2, 0) is 0 Å². The lowest BCUT2D eigenvalue weighted by atomic mass is 10.3. The van der Waals surface area contributed by atoms with Gasteiger partial charge in [0.1, 0.15) is 0 Å². The van der Waals surface area contributed by atoms with Crippen molar-refractivity contribution in [2.24, 2.45) is 5.73 Å². The van der Waals surface area contributed by atoms with Crippen LogP contribution in [0.3, 0.4) is 0 Å². The Labute approximate surface area is 91.9 Å². The van der Waals surface area contributed by atoms with Crippen molar-refractivity contribution in [2.45, 2.75) is 12.5 Å². The molecule has 0 saturated carbocycles. The molecule has 1 aromatic rings. The van der Waals surface area contributed by atoms with Gasteiger partial charge in [-0.3, -0.25) is 4.39 Å². The Morgan fingerprint density at radius 2 is 1.47 bits per heavy atom. The van der Waals surface area contributed by atoms with E-state index in [2.05, 4.69) is 11.9 Å². The van der Waals surface area contributed by atoms with Crippen molar-refractivity contribution in [1.29, 1.82) is 0 Å². The molecule has 1 unspecified atom stereocenters. The quantitative estimate of drug-likeness (QED) is 0.712. The molecule has 1 aliphatic rings. The third-order valence-corrected chi connectivity index (χ3v) is 2.09. The molecule has 1 fully saturated rings. The molecule has 0 spiro atoms. The first-order chi connectivity index (χ1) is 7.29. The minimum Gasteiger partial charge on any atom is -0.326 e.